The molecule has 140 valence electrons. The number of carbonyl (C=O) groups excluding carboxylic acids is 3. The van der Waals surface area contributed by atoms with E-state index >= 15 is 0 Å². The summed E-state index contributed by atoms with van der Waals surface area (Å²) in [6.45, 7) is 10.5. The number of rotatable bonds is 5. The number of hydrogen-bond acceptors (Lipinski definition) is 7. The molecule has 2 N–H and O–H groups in total. The highest BCUT2D eigenvalue weighted by Crippen LogP contribution is 2.20. The van der Waals surface area contributed by atoms with Gasteiger partial charge in [0.25, 0.3) is 0 Å². The van der Waals surface area contributed by atoms with Gasteiger partial charge in [-0.2, -0.15) is 0 Å². The summed E-state index contributed by atoms with van der Waals surface area (Å²) < 4.78 is 10.3. The molecule has 1 atom stereocenters. The summed E-state index contributed by atoms with van der Waals surface area (Å²) >= 11 is 1.20. The van der Waals surface area contributed by atoms with Crippen molar-refractivity contribution in [2.45, 2.75) is 65.2 Å². The molecule has 0 saturated heterocycles. The van der Waals surface area contributed by atoms with Crippen LogP contribution in [0.4, 0.5) is 14.7 Å². The van der Waals surface area contributed by atoms with E-state index in [4.69, 9.17) is 9.47 Å². The minimum Gasteiger partial charge on any atom is -0.444 e. The van der Waals surface area contributed by atoms with Crippen LogP contribution in [0.2, 0.25) is 0 Å². The van der Waals surface area contributed by atoms with Gasteiger partial charge in [-0.15, -0.1) is 11.3 Å². The molecule has 8 nitrogen and oxygen atoms in total. The van der Waals surface area contributed by atoms with E-state index in [9.17, 15) is 14.4 Å². The van der Waals surface area contributed by atoms with Crippen molar-refractivity contribution < 1.29 is 23.9 Å². The number of thiazole rings is 1. The van der Waals surface area contributed by atoms with Gasteiger partial charge in [0.05, 0.1) is 6.04 Å². The van der Waals surface area contributed by atoms with Crippen LogP contribution in [0.15, 0.2) is 6.20 Å². The van der Waals surface area contributed by atoms with E-state index in [0.29, 0.717) is 11.4 Å². The lowest BCUT2D eigenvalue weighted by molar-refractivity contribution is -0.109. The summed E-state index contributed by atoms with van der Waals surface area (Å²) in [7, 11) is 0. The second-order valence-electron chi connectivity index (χ2n) is 7.35. The molecule has 0 bridgehead atoms. The van der Waals surface area contributed by atoms with Gasteiger partial charge in [-0.1, -0.05) is 0 Å². The first kappa shape index (κ1) is 20.9. The standard InChI is InChI=1S/C16H25N3O5S/c1-15(2,3)23-13(21)18-10(9-20)7-11-8-17-12(25-11)19-14(22)24-16(4,5)6/h8-10H,7H2,1-6H3,(H,18,21)(H,17,19,22)/t10-/m0/s1. The fourth-order valence-corrected chi connectivity index (χ4v) is 2.52. The quantitative estimate of drug-likeness (QED) is 0.770. The monoisotopic (exact) mass is 371 g/mol. The van der Waals surface area contributed by atoms with Gasteiger partial charge in [0.2, 0.25) is 0 Å². The van der Waals surface area contributed by atoms with Crippen LogP contribution in [0.3, 0.4) is 0 Å². The summed E-state index contributed by atoms with van der Waals surface area (Å²) in [5.74, 6) is 0. The molecule has 0 aliphatic carbocycles. The lowest BCUT2D eigenvalue weighted by Gasteiger charge is -2.21. The normalized spacial score (nSPS) is 12.9. The van der Waals surface area contributed by atoms with Gasteiger partial charge < -0.3 is 19.6 Å². The first-order valence-corrected chi connectivity index (χ1v) is 8.59. The molecule has 2 amide bonds. The molecule has 0 unspecified atom stereocenters. The van der Waals surface area contributed by atoms with Crippen molar-refractivity contribution in [2.24, 2.45) is 0 Å². The number of ether oxygens (including phenoxy) is 2. The van der Waals surface area contributed by atoms with Crippen LogP contribution in [0.5, 0.6) is 0 Å². The van der Waals surface area contributed by atoms with Crippen LogP contribution in [-0.4, -0.2) is 40.7 Å². The largest absolute Gasteiger partial charge is 0.444 e. The van der Waals surface area contributed by atoms with Crippen molar-refractivity contribution >= 4 is 34.9 Å². The number of anilines is 1. The molecular formula is C16H25N3O5S. The van der Waals surface area contributed by atoms with Crippen LogP contribution in [0.1, 0.15) is 46.4 Å². The number of nitrogens with zero attached hydrogens (tertiary/aromatic N) is 1. The fourth-order valence-electron chi connectivity index (χ4n) is 1.66. The number of amides is 2. The second-order valence-corrected chi connectivity index (χ2v) is 8.47. The van der Waals surface area contributed by atoms with Crippen LogP contribution in [0.25, 0.3) is 0 Å². The van der Waals surface area contributed by atoms with E-state index < -0.39 is 29.4 Å². The molecule has 1 aromatic rings. The van der Waals surface area contributed by atoms with Gasteiger partial charge in [-0.3, -0.25) is 5.32 Å². The topological polar surface area (TPSA) is 107 Å². The fraction of sp³-hybridized carbons (Fsp3) is 0.625. The van der Waals surface area contributed by atoms with Crippen molar-refractivity contribution in [1.82, 2.24) is 10.3 Å². The Morgan fingerprint density at radius 1 is 1.16 bits per heavy atom. The first-order chi connectivity index (χ1) is 11.4. The summed E-state index contributed by atoms with van der Waals surface area (Å²) in [5, 5.41) is 5.37. The molecule has 0 saturated carbocycles. The smallest absolute Gasteiger partial charge is 0.413 e. The number of aldehydes is 1. The van der Waals surface area contributed by atoms with Crippen molar-refractivity contribution in [1.29, 1.82) is 0 Å². The Kier molecular flexibility index (Phi) is 6.92. The van der Waals surface area contributed by atoms with Gasteiger partial charge in [0.15, 0.2) is 5.13 Å². The molecule has 0 fully saturated rings. The minimum atomic E-state index is -0.746. The molecule has 9 heteroatoms. The van der Waals surface area contributed by atoms with Gasteiger partial charge in [-0.05, 0) is 41.5 Å². The molecule has 0 aromatic carbocycles. The number of hydrogen-bond donors (Lipinski definition) is 2. The third-order valence-electron chi connectivity index (χ3n) is 2.45. The number of carbonyl (C=O) groups is 3. The summed E-state index contributed by atoms with van der Waals surface area (Å²) in [6.07, 6.45) is 1.14. The maximum Gasteiger partial charge on any atom is 0.413 e. The van der Waals surface area contributed by atoms with Crippen LogP contribution in [-0.2, 0) is 20.7 Å². The summed E-state index contributed by atoms with van der Waals surface area (Å²) in [6, 6.07) is -0.746. The maximum atomic E-state index is 11.7. The third-order valence-corrected chi connectivity index (χ3v) is 3.38. The Hall–Kier alpha value is -2.16. The Bertz CT molecular complexity index is 616. The van der Waals surface area contributed by atoms with Crippen LogP contribution < -0.4 is 10.6 Å². The number of alkyl carbamates (subject to hydrolysis) is 1. The zero-order valence-corrected chi connectivity index (χ0v) is 16.2. The Labute approximate surface area is 151 Å². The third kappa shape index (κ3) is 9.04. The first-order valence-electron chi connectivity index (χ1n) is 7.77. The van der Waals surface area contributed by atoms with E-state index in [2.05, 4.69) is 15.6 Å². The highest BCUT2D eigenvalue weighted by Gasteiger charge is 2.21. The molecule has 1 aromatic heterocycles. The molecule has 1 heterocycles. The van der Waals surface area contributed by atoms with Crippen molar-refractivity contribution in [3.8, 4) is 0 Å². The number of aromatic nitrogens is 1. The Balaban J connectivity index is 2.58. The average Bonchev–Trinajstić information content (AvgIpc) is 2.80. The van der Waals surface area contributed by atoms with E-state index in [0.717, 1.165) is 4.88 Å². The van der Waals surface area contributed by atoms with Crippen molar-refractivity contribution in [3.05, 3.63) is 11.1 Å². The molecule has 0 spiro atoms. The van der Waals surface area contributed by atoms with Gasteiger partial charge in [0.1, 0.15) is 17.5 Å². The Morgan fingerprint density at radius 3 is 2.24 bits per heavy atom. The van der Waals surface area contributed by atoms with E-state index in [1.165, 1.54) is 17.5 Å². The number of nitrogens with one attached hydrogen (secondary N) is 2. The molecule has 0 aliphatic heterocycles. The maximum absolute atomic E-state index is 11.7. The predicted octanol–water partition coefficient (Wildman–Crippen LogP) is 3.12. The molecule has 25 heavy (non-hydrogen) atoms. The van der Waals surface area contributed by atoms with Crippen molar-refractivity contribution in [3.63, 3.8) is 0 Å². The highest BCUT2D eigenvalue weighted by atomic mass is 32.1. The molecular weight excluding hydrogens is 346 g/mol. The van der Waals surface area contributed by atoms with Crippen molar-refractivity contribution in [2.75, 3.05) is 5.32 Å². The molecule has 1 rings (SSSR count). The lowest BCUT2D eigenvalue weighted by atomic mass is 10.2. The predicted molar refractivity (Wildman–Crippen MR) is 94.9 cm³/mol. The zero-order chi connectivity index (χ0) is 19.3. The van der Waals surface area contributed by atoms with E-state index in [1.54, 1.807) is 41.5 Å². The van der Waals surface area contributed by atoms with Crippen LogP contribution >= 0.6 is 11.3 Å². The summed E-state index contributed by atoms with van der Waals surface area (Å²) in [5.41, 5.74) is -1.25. The van der Waals surface area contributed by atoms with Gasteiger partial charge >= 0.3 is 12.2 Å². The minimum absolute atomic E-state index is 0.246. The lowest BCUT2D eigenvalue weighted by Crippen LogP contribution is -2.41. The average molecular weight is 371 g/mol. The van der Waals surface area contributed by atoms with Crippen LogP contribution in [0, 0.1) is 0 Å². The second kappa shape index (κ2) is 8.28. The van der Waals surface area contributed by atoms with Gasteiger partial charge in [-0.25, -0.2) is 14.6 Å². The highest BCUT2D eigenvalue weighted by molar-refractivity contribution is 7.15. The Morgan fingerprint density at radius 2 is 1.72 bits per heavy atom. The van der Waals surface area contributed by atoms with Gasteiger partial charge in [0, 0.05) is 17.5 Å². The van der Waals surface area contributed by atoms with E-state index in [1.807, 2.05) is 0 Å². The molecule has 0 radical (unpaired) electrons. The zero-order valence-electron chi connectivity index (χ0n) is 15.3. The summed E-state index contributed by atoms with van der Waals surface area (Å²) in [4.78, 5) is 39.4. The SMILES string of the molecule is CC(C)(C)OC(=O)Nc1ncc(C[C@@H](C=O)NC(=O)OC(C)(C)C)s1. The van der Waals surface area contributed by atoms with E-state index in [-0.39, 0.29) is 6.42 Å². The molecule has 0 aliphatic rings.